The van der Waals surface area contributed by atoms with E-state index in [9.17, 15) is 14.0 Å². The summed E-state index contributed by atoms with van der Waals surface area (Å²) < 4.78 is 13.7. The Bertz CT molecular complexity index is 527. The number of carboxylic acids is 1. The van der Waals surface area contributed by atoms with Crippen LogP contribution in [-0.4, -0.2) is 35.1 Å². The lowest BCUT2D eigenvalue weighted by atomic mass is 10.1. The van der Waals surface area contributed by atoms with Crippen LogP contribution in [0.4, 0.5) is 14.9 Å². The van der Waals surface area contributed by atoms with Crippen LogP contribution in [0, 0.1) is 5.82 Å². The van der Waals surface area contributed by atoms with Crippen molar-refractivity contribution in [3.8, 4) is 0 Å². The molecule has 0 radical (unpaired) electrons. The molecule has 0 bridgehead atoms. The predicted molar refractivity (Wildman–Crippen MR) is 72.4 cm³/mol. The van der Waals surface area contributed by atoms with Crippen molar-refractivity contribution >= 4 is 17.7 Å². The molecule has 2 N–H and O–H groups in total. The van der Waals surface area contributed by atoms with Gasteiger partial charge in [0.1, 0.15) is 5.82 Å². The van der Waals surface area contributed by atoms with Crippen LogP contribution >= 0.6 is 0 Å². The fraction of sp³-hybridized carbons (Fsp3) is 0.429. The van der Waals surface area contributed by atoms with E-state index in [1.165, 1.54) is 17.0 Å². The number of amides is 2. The lowest BCUT2D eigenvalue weighted by molar-refractivity contribution is 0.0697. The van der Waals surface area contributed by atoms with E-state index in [4.69, 9.17) is 5.11 Å². The molecule has 5 nitrogen and oxygen atoms in total. The third kappa shape index (κ3) is 2.89. The number of para-hydroxylation sites is 1. The van der Waals surface area contributed by atoms with E-state index in [1.807, 2.05) is 0 Å². The zero-order valence-electron chi connectivity index (χ0n) is 11.2. The monoisotopic (exact) mass is 280 g/mol. The third-order valence-electron chi connectivity index (χ3n) is 3.67. The van der Waals surface area contributed by atoms with Gasteiger partial charge >= 0.3 is 12.0 Å². The first-order valence-electron chi connectivity index (χ1n) is 6.56. The molecule has 1 aliphatic carbocycles. The summed E-state index contributed by atoms with van der Waals surface area (Å²) in [6.45, 7) is 0. The molecule has 1 aromatic rings. The Morgan fingerprint density at radius 1 is 1.35 bits per heavy atom. The molecular formula is C14H17FN2O3. The maximum absolute atomic E-state index is 13.7. The first-order valence-corrected chi connectivity index (χ1v) is 6.56. The van der Waals surface area contributed by atoms with Crippen molar-refractivity contribution in [2.75, 3.05) is 12.4 Å². The SMILES string of the molecule is CN(C(=O)Nc1c(F)cccc1C(=O)O)C1CCCC1. The van der Waals surface area contributed by atoms with Gasteiger partial charge in [0.05, 0.1) is 11.3 Å². The van der Waals surface area contributed by atoms with Crippen molar-refractivity contribution in [3.63, 3.8) is 0 Å². The second kappa shape index (κ2) is 5.90. The Morgan fingerprint density at radius 3 is 2.60 bits per heavy atom. The zero-order valence-corrected chi connectivity index (χ0v) is 11.2. The molecule has 108 valence electrons. The minimum Gasteiger partial charge on any atom is -0.478 e. The van der Waals surface area contributed by atoms with Crippen molar-refractivity contribution in [1.29, 1.82) is 0 Å². The summed E-state index contributed by atoms with van der Waals surface area (Å²) in [5, 5.41) is 11.4. The van der Waals surface area contributed by atoms with Gasteiger partial charge in [0.25, 0.3) is 0 Å². The lowest BCUT2D eigenvalue weighted by Gasteiger charge is -2.25. The lowest BCUT2D eigenvalue weighted by Crippen LogP contribution is -2.38. The van der Waals surface area contributed by atoms with Gasteiger partial charge in [0, 0.05) is 13.1 Å². The highest BCUT2D eigenvalue weighted by molar-refractivity contribution is 6.00. The molecule has 6 heteroatoms. The number of hydrogen-bond donors (Lipinski definition) is 2. The smallest absolute Gasteiger partial charge is 0.337 e. The van der Waals surface area contributed by atoms with Crippen LogP contribution in [0.15, 0.2) is 18.2 Å². The number of halogens is 1. The van der Waals surface area contributed by atoms with Gasteiger partial charge in [-0.15, -0.1) is 0 Å². The highest BCUT2D eigenvalue weighted by Gasteiger charge is 2.25. The topological polar surface area (TPSA) is 69.6 Å². The van der Waals surface area contributed by atoms with Gasteiger partial charge in [-0.25, -0.2) is 14.0 Å². The number of anilines is 1. The third-order valence-corrected chi connectivity index (χ3v) is 3.67. The van der Waals surface area contributed by atoms with Crippen molar-refractivity contribution in [2.45, 2.75) is 31.7 Å². The number of nitrogens with zero attached hydrogens (tertiary/aromatic N) is 1. The minimum atomic E-state index is -1.27. The van der Waals surface area contributed by atoms with E-state index in [-0.39, 0.29) is 17.3 Å². The van der Waals surface area contributed by atoms with E-state index in [1.54, 1.807) is 7.05 Å². The molecular weight excluding hydrogens is 263 g/mol. The maximum Gasteiger partial charge on any atom is 0.337 e. The molecule has 2 amide bonds. The predicted octanol–water partition coefficient (Wildman–Crippen LogP) is 2.93. The average Bonchev–Trinajstić information content (AvgIpc) is 2.93. The average molecular weight is 280 g/mol. The second-order valence-corrected chi connectivity index (χ2v) is 4.95. The number of nitrogens with one attached hydrogen (secondary N) is 1. The summed E-state index contributed by atoms with van der Waals surface area (Å²) in [7, 11) is 1.65. The number of carbonyl (C=O) groups is 2. The van der Waals surface area contributed by atoms with E-state index in [2.05, 4.69) is 5.32 Å². The molecule has 1 aromatic carbocycles. The Kier molecular flexibility index (Phi) is 4.22. The normalized spacial score (nSPS) is 15.1. The van der Waals surface area contributed by atoms with Crippen LogP contribution in [0.25, 0.3) is 0 Å². The summed E-state index contributed by atoms with van der Waals surface area (Å²) >= 11 is 0. The van der Waals surface area contributed by atoms with E-state index < -0.39 is 17.8 Å². The minimum absolute atomic E-state index is 0.134. The quantitative estimate of drug-likeness (QED) is 0.894. The summed E-state index contributed by atoms with van der Waals surface area (Å²) in [6, 6.07) is 3.34. The largest absolute Gasteiger partial charge is 0.478 e. The van der Waals surface area contributed by atoms with Crippen LogP contribution in [0.1, 0.15) is 36.0 Å². The number of carbonyl (C=O) groups excluding carboxylic acids is 1. The zero-order chi connectivity index (χ0) is 14.7. The Morgan fingerprint density at radius 2 is 2.00 bits per heavy atom. The van der Waals surface area contributed by atoms with Gasteiger partial charge in [-0.1, -0.05) is 18.9 Å². The number of benzene rings is 1. The standard InChI is InChI=1S/C14H17FN2O3/c1-17(9-5-2-3-6-9)14(20)16-12-10(13(18)19)7-4-8-11(12)15/h4,7-9H,2-3,5-6H2,1H3,(H,16,20)(H,18,19). The van der Waals surface area contributed by atoms with Gasteiger partial charge in [-0.05, 0) is 25.0 Å². The van der Waals surface area contributed by atoms with Crippen LogP contribution < -0.4 is 5.32 Å². The van der Waals surface area contributed by atoms with Crippen molar-refractivity contribution in [2.24, 2.45) is 0 Å². The molecule has 0 saturated heterocycles. The van der Waals surface area contributed by atoms with Crippen molar-refractivity contribution < 1.29 is 19.1 Å². The van der Waals surface area contributed by atoms with Crippen LogP contribution in [0.2, 0.25) is 0 Å². The van der Waals surface area contributed by atoms with Crippen molar-refractivity contribution in [1.82, 2.24) is 4.90 Å². The second-order valence-electron chi connectivity index (χ2n) is 4.95. The highest BCUT2D eigenvalue weighted by atomic mass is 19.1. The summed E-state index contributed by atoms with van der Waals surface area (Å²) in [5.41, 5.74) is -0.534. The molecule has 2 rings (SSSR count). The number of hydrogen-bond acceptors (Lipinski definition) is 2. The molecule has 0 aromatic heterocycles. The summed E-state index contributed by atoms with van der Waals surface area (Å²) in [6.07, 6.45) is 3.99. The first kappa shape index (κ1) is 14.3. The number of aromatic carboxylic acids is 1. The van der Waals surface area contributed by atoms with E-state index in [0.29, 0.717) is 0 Å². The Hall–Kier alpha value is -2.11. The van der Waals surface area contributed by atoms with E-state index in [0.717, 1.165) is 31.7 Å². The number of rotatable bonds is 3. The summed E-state index contributed by atoms with van der Waals surface area (Å²) in [5.74, 6) is -2.03. The molecule has 0 aliphatic heterocycles. The maximum atomic E-state index is 13.7. The molecule has 1 fully saturated rings. The van der Waals surface area contributed by atoms with E-state index >= 15 is 0 Å². The van der Waals surface area contributed by atoms with Gasteiger partial charge in [-0.3, -0.25) is 0 Å². The van der Waals surface area contributed by atoms with Gasteiger partial charge < -0.3 is 15.3 Å². The molecule has 20 heavy (non-hydrogen) atoms. The fourth-order valence-corrected chi connectivity index (χ4v) is 2.48. The number of carboxylic acid groups (broad SMARTS) is 1. The van der Waals surface area contributed by atoms with Crippen LogP contribution in [0.3, 0.4) is 0 Å². The fourth-order valence-electron chi connectivity index (χ4n) is 2.48. The molecule has 1 saturated carbocycles. The van der Waals surface area contributed by atoms with Crippen molar-refractivity contribution in [3.05, 3.63) is 29.6 Å². The number of urea groups is 1. The Balaban J connectivity index is 2.16. The first-order chi connectivity index (χ1) is 9.50. The van der Waals surface area contributed by atoms with Gasteiger partial charge in [-0.2, -0.15) is 0 Å². The molecule has 1 aliphatic rings. The molecule has 0 heterocycles. The molecule has 0 unspecified atom stereocenters. The molecule has 0 atom stereocenters. The Labute approximate surface area is 116 Å². The van der Waals surface area contributed by atoms with Crippen LogP contribution in [-0.2, 0) is 0 Å². The van der Waals surface area contributed by atoms with Gasteiger partial charge in [0.2, 0.25) is 0 Å². The summed E-state index contributed by atoms with van der Waals surface area (Å²) in [4.78, 5) is 24.7. The van der Waals surface area contributed by atoms with Crippen LogP contribution in [0.5, 0.6) is 0 Å². The highest BCUT2D eigenvalue weighted by Crippen LogP contribution is 2.24. The van der Waals surface area contributed by atoms with Gasteiger partial charge in [0.15, 0.2) is 0 Å². The molecule has 0 spiro atoms.